The molecular formula is C24H20FN3O3S. The largest absolute Gasteiger partial charge is 0.272 e. The zero-order valence-electron chi connectivity index (χ0n) is 17.2. The highest BCUT2D eigenvalue weighted by molar-refractivity contribution is 7.99. The topological polar surface area (TPSA) is 73.2 Å². The first kappa shape index (κ1) is 21.7. The minimum Gasteiger partial charge on any atom is -0.272 e. The van der Waals surface area contributed by atoms with E-state index in [2.05, 4.69) is 10.5 Å². The fourth-order valence-corrected chi connectivity index (χ4v) is 3.89. The van der Waals surface area contributed by atoms with Gasteiger partial charge in [-0.3, -0.25) is 19.0 Å². The molecule has 162 valence electrons. The third kappa shape index (κ3) is 4.87. The number of nitrogens with zero attached hydrogens (tertiary/aromatic N) is 2. The van der Waals surface area contributed by atoms with Crippen LogP contribution in [0.5, 0.6) is 0 Å². The van der Waals surface area contributed by atoms with Crippen molar-refractivity contribution in [1.82, 2.24) is 15.0 Å². The van der Waals surface area contributed by atoms with Gasteiger partial charge in [-0.1, -0.05) is 60.3 Å². The number of thioether (sulfide) groups is 1. The van der Waals surface area contributed by atoms with E-state index in [0.717, 1.165) is 17.3 Å². The molecule has 1 heterocycles. The summed E-state index contributed by atoms with van der Waals surface area (Å²) in [5.74, 6) is -0.839. The van der Waals surface area contributed by atoms with Crippen LogP contribution in [0.1, 0.15) is 11.1 Å². The summed E-state index contributed by atoms with van der Waals surface area (Å²) < 4.78 is 15.5. The number of halogens is 1. The Morgan fingerprint density at radius 2 is 1.84 bits per heavy atom. The van der Waals surface area contributed by atoms with Crippen molar-refractivity contribution in [1.29, 1.82) is 0 Å². The van der Waals surface area contributed by atoms with Crippen molar-refractivity contribution in [2.24, 2.45) is 0 Å². The summed E-state index contributed by atoms with van der Waals surface area (Å²) in [6.07, 6.45) is 0. The smallest absolute Gasteiger partial charge is 0.266 e. The molecule has 0 aliphatic heterocycles. The Morgan fingerprint density at radius 1 is 1.09 bits per heavy atom. The first-order valence-electron chi connectivity index (χ1n) is 9.88. The number of benzene rings is 3. The van der Waals surface area contributed by atoms with E-state index in [9.17, 15) is 14.0 Å². The van der Waals surface area contributed by atoms with Gasteiger partial charge < -0.3 is 0 Å². The van der Waals surface area contributed by atoms with E-state index in [4.69, 9.17) is 4.84 Å². The van der Waals surface area contributed by atoms with Gasteiger partial charge in [0.1, 0.15) is 5.82 Å². The van der Waals surface area contributed by atoms with E-state index in [1.807, 2.05) is 30.3 Å². The van der Waals surface area contributed by atoms with Crippen LogP contribution in [0, 0.1) is 12.7 Å². The Hall–Kier alpha value is -3.49. The highest BCUT2D eigenvalue weighted by Crippen LogP contribution is 2.22. The molecule has 0 saturated carbocycles. The zero-order valence-corrected chi connectivity index (χ0v) is 18.1. The second-order valence-electron chi connectivity index (χ2n) is 7.07. The lowest BCUT2D eigenvalue weighted by Gasteiger charge is -2.14. The number of hydroxylamine groups is 1. The summed E-state index contributed by atoms with van der Waals surface area (Å²) in [6, 6.07) is 20.9. The summed E-state index contributed by atoms with van der Waals surface area (Å²) in [6.45, 7) is 1.88. The molecule has 4 rings (SSSR count). The predicted octanol–water partition coefficient (Wildman–Crippen LogP) is 4.17. The van der Waals surface area contributed by atoms with Crippen LogP contribution in [0.4, 0.5) is 4.39 Å². The summed E-state index contributed by atoms with van der Waals surface area (Å²) in [5.41, 5.74) is 4.31. The van der Waals surface area contributed by atoms with Gasteiger partial charge in [-0.25, -0.2) is 14.9 Å². The van der Waals surface area contributed by atoms with E-state index in [1.165, 1.54) is 10.6 Å². The maximum Gasteiger partial charge on any atom is 0.266 e. The van der Waals surface area contributed by atoms with Crippen LogP contribution >= 0.6 is 11.8 Å². The Morgan fingerprint density at radius 3 is 2.62 bits per heavy atom. The first-order chi connectivity index (χ1) is 15.5. The first-order valence-corrected chi connectivity index (χ1v) is 10.9. The van der Waals surface area contributed by atoms with E-state index in [-0.39, 0.29) is 29.0 Å². The molecule has 0 aliphatic carbocycles. The fourth-order valence-electron chi connectivity index (χ4n) is 3.09. The molecular weight excluding hydrogens is 429 g/mol. The molecule has 1 amide bonds. The summed E-state index contributed by atoms with van der Waals surface area (Å²) >= 11 is 1.07. The third-order valence-corrected chi connectivity index (χ3v) is 5.70. The van der Waals surface area contributed by atoms with E-state index < -0.39 is 5.82 Å². The van der Waals surface area contributed by atoms with Gasteiger partial charge in [0.05, 0.1) is 29.0 Å². The molecule has 0 spiro atoms. The van der Waals surface area contributed by atoms with Crippen molar-refractivity contribution in [2.45, 2.75) is 18.7 Å². The average molecular weight is 450 g/mol. The Bertz CT molecular complexity index is 1330. The lowest BCUT2D eigenvalue weighted by molar-refractivity contribution is -0.131. The van der Waals surface area contributed by atoms with Crippen LogP contribution in [0.2, 0.25) is 0 Å². The molecule has 0 aliphatic rings. The van der Waals surface area contributed by atoms with Crippen molar-refractivity contribution < 1.29 is 14.0 Å². The molecule has 0 bridgehead atoms. The number of fused-ring (bicyclic) bond motifs is 1. The Labute approximate surface area is 188 Å². The van der Waals surface area contributed by atoms with Crippen LogP contribution < -0.4 is 11.0 Å². The standard InChI is InChI=1S/C24H20FN3O3S/c1-16-11-12-18(13-20(16)25)28-23(30)19-9-5-6-10-21(19)26-24(28)32-15-22(29)27-31-14-17-7-3-2-4-8-17/h2-13H,14-15H2,1H3,(H,27,29). The highest BCUT2D eigenvalue weighted by Gasteiger charge is 2.16. The number of amides is 1. The number of hydrogen-bond acceptors (Lipinski definition) is 5. The lowest BCUT2D eigenvalue weighted by Crippen LogP contribution is -2.26. The van der Waals surface area contributed by atoms with Crippen molar-refractivity contribution >= 4 is 28.6 Å². The van der Waals surface area contributed by atoms with Gasteiger partial charge in [-0.05, 0) is 42.3 Å². The number of carbonyl (C=O) groups excluding carboxylic acids is 1. The SMILES string of the molecule is Cc1ccc(-n2c(SCC(=O)NOCc3ccccc3)nc3ccccc3c2=O)cc1F. The van der Waals surface area contributed by atoms with Gasteiger partial charge in [-0.15, -0.1) is 0 Å². The number of aromatic nitrogens is 2. The molecule has 32 heavy (non-hydrogen) atoms. The van der Waals surface area contributed by atoms with E-state index >= 15 is 0 Å². The van der Waals surface area contributed by atoms with Gasteiger partial charge in [0.2, 0.25) is 0 Å². The molecule has 0 atom stereocenters. The van der Waals surface area contributed by atoms with Crippen LogP contribution in [0.3, 0.4) is 0 Å². The van der Waals surface area contributed by atoms with Gasteiger partial charge in [0, 0.05) is 0 Å². The van der Waals surface area contributed by atoms with Crippen molar-refractivity contribution in [3.05, 3.63) is 100 Å². The fraction of sp³-hybridized carbons (Fsp3) is 0.125. The van der Waals surface area contributed by atoms with Gasteiger partial charge >= 0.3 is 0 Å². The van der Waals surface area contributed by atoms with Crippen LogP contribution in [-0.2, 0) is 16.2 Å². The zero-order chi connectivity index (χ0) is 22.5. The molecule has 6 nitrogen and oxygen atoms in total. The van der Waals surface area contributed by atoms with Crippen molar-refractivity contribution in [2.75, 3.05) is 5.75 Å². The summed E-state index contributed by atoms with van der Waals surface area (Å²) in [7, 11) is 0. The van der Waals surface area contributed by atoms with Crippen molar-refractivity contribution in [3.8, 4) is 5.69 Å². The minimum atomic E-state index is -0.425. The average Bonchev–Trinajstić information content (AvgIpc) is 2.80. The monoisotopic (exact) mass is 449 g/mol. The van der Waals surface area contributed by atoms with E-state index in [1.54, 1.807) is 43.3 Å². The molecule has 4 aromatic rings. The number of para-hydroxylation sites is 1. The highest BCUT2D eigenvalue weighted by atomic mass is 32.2. The quantitative estimate of drug-likeness (QED) is 0.260. The van der Waals surface area contributed by atoms with Gasteiger partial charge in [0.15, 0.2) is 5.16 Å². The number of rotatable bonds is 7. The number of aryl methyl sites for hydroxylation is 1. The molecule has 0 saturated heterocycles. The van der Waals surface area contributed by atoms with Crippen LogP contribution in [0.15, 0.2) is 82.7 Å². The lowest BCUT2D eigenvalue weighted by atomic mass is 10.2. The van der Waals surface area contributed by atoms with Crippen LogP contribution in [0.25, 0.3) is 16.6 Å². The molecule has 0 radical (unpaired) electrons. The second-order valence-corrected chi connectivity index (χ2v) is 8.02. The second kappa shape index (κ2) is 9.76. The van der Waals surface area contributed by atoms with Crippen molar-refractivity contribution in [3.63, 3.8) is 0 Å². The normalized spacial score (nSPS) is 10.9. The molecule has 3 aromatic carbocycles. The molecule has 0 fully saturated rings. The maximum atomic E-state index is 14.2. The van der Waals surface area contributed by atoms with E-state index in [0.29, 0.717) is 22.2 Å². The molecule has 1 N–H and O–H groups in total. The van der Waals surface area contributed by atoms with Gasteiger partial charge in [0.25, 0.3) is 11.5 Å². The summed E-state index contributed by atoms with van der Waals surface area (Å²) in [5, 5.41) is 0.698. The Kier molecular flexibility index (Phi) is 6.63. The number of hydrogen-bond donors (Lipinski definition) is 1. The molecule has 8 heteroatoms. The third-order valence-electron chi connectivity index (χ3n) is 4.76. The summed E-state index contributed by atoms with van der Waals surface area (Å²) in [4.78, 5) is 35.3. The predicted molar refractivity (Wildman–Crippen MR) is 122 cm³/mol. The molecule has 1 aromatic heterocycles. The molecule has 0 unspecified atom stereocenters. The van der Waals surface area contributed by atoms with Crippen LogP contribution in [-0.4, -0.2) is 21.2 Å². The Balaban J connectivity index is 1.56. The maximum absolute atomic E-state index is 14.2. The number of nitrogens with one attached hydrogen (secondary N) is 1. The van der Waals surface area contributed by atoms with Gasteiger partial charge in [-0.2, -0.15) is 0 Å². The minimum absolute atomic E-state index is 0.0338. The number of carbonyl (C=O) groups is 1.